The molecular formula is C17H22BNO5. The lowest BCUT2D eigenvalue weighted by Gasteiger charge is -2.29. The topological polar surface area (TPSA) is 84.9 Å². The molecule has 1 atom stereocenters. The van der Waals surface area contributed by atoms with Gasteiger partial charge in [-0.3, -0.25) is 4.79 Å². The summed E-state index contributed by atoms with van der Waals surface area (Å²) in [6.07, 6.45) is 4.38. The molecule has 1 fully saturated rings. The van der Waals surface area contributed by atoms with Crippen LogP contribution in [0.15, 0.2) is 18.2 Å². The first-order chi connectivity index (χ1) is 11.6. The summed E-state index contributed by atoms with van der Waals surface area (Å²) in [5.74, 6) is -0.637. The molecule has 6 nitrogen and oxygen atoms in total. The average molecular weight is 331 g/mol. The van der Waals surface area contributed by atoms with Gasteiger partial charge in [0.15, 0.2) is 0 Å². The third-order valence-electron chi connectivity index (χ3n) is 4.67. The van der Waals surface area contributed by atoms with Crippen LogP contribution in [0.1, 0.15) is 48.5 Å². The SMILES string of the molecule is CCOC(=O)c1cccc2c1OB(O)[C@@H](NC(=O)C1CCCC1)C2. The predicted molar refractivity (Wildman–Crippen MR) is 88.6 cm³/mol. The molecule has 0 saturated heterocycles. The van der Waals surface area contributed by atoms with Crippen LogP contribution in [0.4, 0.5) is 0 Å². The number of nitrogens with one attached hydrogen (secondary N) is 1. The largest absolute Gasteiger partial charge is 0.547 e. The Morgan fingerprint density at radius 1 is 1.38 bits per heavy atom. The van der Waals surface area contributed by atoms with E-state index in [2.05, 4.69) is 5.32 Å². The second kappa shape index (κ2) is 7.26. The van der Waals surface area contributed by atoms with Gasteiger partial charge in [0.2, 0.25) is 5.91 Å². The van der Waals surface area contributed by atoms with Gasteiger partial charge in [0.25, 0.3) is 0 Å². The fourth-order valence-electron chi connectivity index (χ4n) is 3.41. The van der Waals surface area contributed by atoms with Crippen molar-refractivity contribution in [1.82, 2.24) is 5.32 Å². The number of para-hydroxylation sites is 1. The number of amides is 1. The van der Waals surface area contributed by atoms with Crippen molar-refractivity contribution in [2.45, 2.75) is 45.0 Å². The summed E-state index contributed by atoms with van der Waals surface area (Å²) < 4.78 is 10.6. The molecule has 0 aromatic heterocycles. The number of hydrogen-bond donors (Lipinski definition) is 2. The van der Waals surface area contributed by atoms with Gasteiger partial charge in [-0.2, -0.15) is 0 Å². The molecule has 128 valence electrons. The zero-order valence-electron chi connectivity index (χ0n) is 13.8. The number of esters is 1. The molecule has 0 bridgehead atoms. The molecule has 3 rings (SSSR count). The minimum atomic E-state index is -1.18. The Morgan fingerprint density at radius 2 is 2.12 bits per heavy atom. The number of rotatable bonds is 4. The maximum atomic E-state index is 12.3. The van der Waals surface area contributed by atoms with Crippen molar-refractivity contribution in [3.05, 3.63) is 29.3 Å². The first-order valence-corrected chi connectivity index (χ1v) is 8.54. The van der Waals surface area contributed by atoms with Gasteiger partial charge < -0.3 is 19.7 Å². The molecule has 2 aliphatic rings. The number of hydrogen-bond acceptors (Lipinski definition) is 5. The Kier molecular flexibility index (Phi) is 5.09. The maximum absolute atomic E-state index is 12.3. The maximum Gasteiger partial charge on any atom is 0.547 e. The van der Waals surface area contributed by atoms with Gasteiger partial charge in [-0.1, -0.05) is 25.0 Å². The first-order valence-electron chi connectivity index (χ1n) is 8.54. The number of carbonyl (C=O) groups is 2. The van der Waals surface area contributed by atoms with E-state index in [1.807, 2.05) is 6.07 Å². The number of benzene rings is 1. The molecule has 0 radical (unpaired) electrons. The van der Waals surface area contributed by atoms with E-state index >= 15 is 0 Å². The van der Waals surface area contributed by atoms with Crippen LogP contribution in [0.25, 0.3) is 0 Å². The summed E-state index contributed by atoms with van der Waals surface area (Å²) in [7, 11) is -1.18. The predicted octanol–water partition coefficient (Wildman–Crippen LogP) is 1.49. The summed E-state index contributed by atoms with van der Waals surface area (Å²) in [6, 6.07) is 5.20. The van der Waals surface area contributed by atoms with Crippen molar-refractivity contribution >= 4 is 19.0 Å². The van der Waals surface area contributed by atoms with Crippen molar-refractivity contribution in [2.24, 2.45) is 5.92 Å². The Morgan fingerprint density at radius 3 is 2.83 bits per heavy atom. The van der Waals surface area contributed by atoms with E-state index in [1.54, 1.807) is 19.1 Å². The van der Waals surface area contributed by atoms with E-state index < -0.39 is 19.0 Å². The Labute approximate surface area is 141 Å². The molecule has 1 aliphatic heterocycles. The van der Waals surface area contributed by atoms with Gasteiger partial charge in [-0.25, -0.2) is 4.79 Å². The molecule has 1 aliphatic carbocycles. The Hall–Kier alpha value is -2.02. The van der Waals surface area contributed by atoms with Crippen LogP contribution >= 0.6 is 0 Å². The summed E-state index contributed by atoms with van der Waals surface area (Å²) in [5, 5.41) is 13.1. The van der Waals surface area contributed by atoms with Gasteiger partial charge in [0.1, 0.15) is 11.3 Å². The van der Waals surface area contributed by atoms with Crippen molar-refractivity contribution in [1.29, 1.82) is 0 Å². The van der Waals surface area contributed by atoms with Crippen LogP contribution in [0, 0.1) is 5.92 Å². The van der Waals surface area contributed by atoms with Crippen LogP contribution in [-0.4, -0.2) is 36.6 Å². The van der Waals surface area contributed by atoms with Crippen LogP contribution in [0.2, 0.25) is 0 Å². The van der Waals surface area contributed by atoms with E-state index in [-0.39, 0.29) is 18.4 Å². The smallest absolute Gasteiger partial charge is 0.534 e. The molecule has 24 heavy (non-hydrogen) atoms. The molecule has 7 heteroatoms. The van der Waals surface area contributed by atoms with Gasteiger partial charge >= 0.3 is 13.1 Å². The molecule has 0 unspecified atom stereocenters. The number of carbonyl (C=O) groups excluding carboxylic acids is 2. The van der Waals surface area contributed by atoms with E-state index in [0.29, 0.717) is 17.7 Å². The fraction of sp³-hybridized carbons (Fsp3) is 0.529. The van der Waals surface area contributed by atoms with Crippen molar-refractivity contribution in [3.8, 4) is 5.75 Å². The molecule has 1 aromatic rings. The van der Waals surface area contributed by atoms with Gasteiger partial charge in [0.05, 0.1) is 12.5 Å². The van der Waals surface area contributed by atoms with E-state index in [0.717, 1.165) is 31.2 Å². The van der Waals surface area contributed by atoms with Crippen molar-refractivity contribution in [2.75, 3.05) is 6.61 Å². The highest BCUT2D eigenvalue weighted by Gasteiger charge is 2.39. The van der Waals surface area contributed by atoms with Gasteiger partial charge in [0, 0.05) is 5.92 Å². The fourth-order valence-corrected chi connectivity index (χ4v) is 3.41. The quantitative estimate of drug-likeness (QED) is 0.645. The van der Waals surface area contributed by atoms with Crippen LogP contribution in [0.5, 0.6) is 5.75 Å². The lowest BCUT2D eigenvalue weighted by molar-refractivity contribution is -0.125. The van der Waals surface area contributed by atoms with Crippen molar-refractivity contribution < 1.29 is 24.0 Å². The monoisotopic (exact) mass is 331 g/mol. The normalized spacial score (nSPS) is 20.2. The lowest BCUT2D eigenvalue weighted by Crippen LogP contribution is -2.54. The number of fused-ring (bicyclic) bond motifs is 1. The highest BCUT2D eigenvalue weighted by atomic mass is 16.5. The molecule has 0 spiro atoms. The minimum absolute atomic E-state index is 0.0230. The Bertz CT molecular complexity index is 629. The molecule has 1 amide bonds. The highest BCUT2D eigenvalue weighted by molar-refractivity contribution is 6.47. The zero-order valence-corrected chi connectivity index (χ0v) is 13.8. The summed E-state index contributed by atoms with van der Waals surface area (Å²) in [5.41, 5.74) is 1.08. The van der Waals surface area contributed by atoms with Gasteiger partial charge in [-0.05, 0) is 37.8 Å². The van der Waals surface area contributed by atoms with E-state index in [4.69, 9.17) is 9.39 Å². The molecule has 1 saturated carbocycles. The third-order valence-corrected chi connectivity index (χ3v) is 4.67. The Balaban J connectivity index is 1.74. The van der Waals surface area contributed by atoms with Crippen LogP contribution < -0.4 is 9.97 Å². The number of ether oxygens (including phenoxy) is 1. The average Bonchev–Trinajstić information content (AvgIpc) is 3.10. The second-order valence-electron chi connectivity index (χ2n) is 6.32. The van der Waals surface area contributed by atoms with Crippen molar-refractivity contribution in [3.63, 3.8) is 0 Å². The van der Waals surface area contributed by atoms with Crippen LogP contribution in [0.3, 0.4) is 0 Å². The zero-order chi connectivity index (χ0) is 17.1. The highest BCUT2D eigenvalue weighted by Crippen LogP contribution is 2.31. The van der Waals surface area contributed by atoms with Crippen LogP contribution in [-0.2, 0) is 16.0 Å². The first kappa shape index (κ1) is 16.8. The summed E-state index contributed by atoms with van der Waals surface area (Å²) in [6.45, 7) is 2.00. The van der Waals surface area contributed by atoms with E-state index in [9.17, 15) is 14.6 Å². The standard InChI is InChI=1S/C17H22BNO5/c1-2-23-17(21)13-9-5-8-12-10-14(18(22)24-15(12)13)19-16(20)11-6-3-4-7-11/h5,8-9,11,14,22H,2-4,6-7,10H2,1H3,(H,19,20)/t14-/m0/s1. The minimum Gasteiger partial charge on any atom is -0.534 e. The van der Waals surface area contributed by atoms with Gasteiger partial charge in [-0.15, -0.1) is 0 Å². The van der Waals surface area contributed by atoms with E-state index in [1.165, 1.54) is 0 Å². The molecule has 1 heterocycles. The second-order valence-corrected chi connectivity index (χ2v) is 6.32. The summed E-state index contributed by atoms with van der Waals surface area (Å²) in [4.78, 5) is 24.3. The molecular weight excluding hydrogens is 309 g/mol. The third kappa shape index (κ3) is 3.41. The summed E-state index contributed by atoms with van der Waals surface area (Å²) >= 11 is 0. The molecule has 1 aromatic carbocycles. The lowest BCUT2D eigenvalue weighted by atomic mass is 9.72. The molecule has 2 N–H and O–H groups in total.